The summed E-state index contributed by atoms with van der Waals surface area (Å²) >= 11 is 6.09. The lowest BCUT2D eigenvalue weighted by atomic mass is 9.94. The second kappa shape index (κ2) is 8.89. The number of nitrogens with one attached hydrogen (secondary N) is 1. The van der Waals surface area contributed by atoms with Crippen LogP contribution in [0.5, 0.6) is 0 Å². The van der Waals surface area contributed by atoms with Crippen LogP contribution in [0.2, 0.25) is 5.02 Å². The lowest BCUT2D eigenvalue weighted by molar-refractivity contribution is 0.204. The summed E-state index contributed by atoms with van der Waals surface area (Å²) in [5.74, 6) is 0.262. The Hall–Kier alpha value is -3.19. The molecule has 2 aromatic carbocycles. The molecule has 0 spiro atoms. The first-order valence-corrected chi connectivity index (χ1v) is 10.5. The Morgan fingerprint density at radius 1 is 1.23 bits per heavy atom. The van der Waals surface area contributed by atoms with Crippen LogP contribution >= 0.6 is 11.6 Å². The Bertz CT molecular complexity index is 1140. The summed E-state index contributed by atoms with van der Waals surface area (Å²) in [7, 11) is 0. The minimum Gasteiger partial charge on any atom is -0.334 e. The molecule has 1 atom stereocenters. The number of allylic oxidation sites excluding steroid dienone is 1. The van der Waals surface area contributed by atoms with Gasteiger partial charge >= 0.3 is 6.03 Å². The van der Waals surface area contributed by atoms with Gasteiger partial charge in [0.25, 0.3) is 5.89 Å². The van der Waals surface area contributed by atoms with Crippen LogP contribution in [0.4, 0.5) is 9.18 Å². The van der Waals surface area contributed by atoms with Crippen LogP contribution in [0.1, 0.15) is 44.2 Å². The third kappa shape index (κ3) is 4.32. The van der Waals surface area contributed by atoms with Gasteiger partial charge in [-0.05, 0) is 43.2 Å². The molecule has 160 valence electrons. The van der Waals surface area contributed by atoms with Gasteiger partial charge in [0.2, 0.25) is 5.82 Å². The van der Waals surface area contributed by atoms with Crippen molar-refractivity contribution in [2.45, 2.75) is 32.7 Å². The van der Waals surface area contributed by atoms with Crippen molar-refractivity contribution in [3.8, 4) is 11.4 Å². The molecule has 0 fully saturated rings. The van der Waals surface area contributed by atoms with E-state index in [1.807, 2.05) is 13.0 Å². The van der Waals surface area contributed by atoms with Crippen LogP contribution in [0.25, 0.3) is 17.0 Å². The highest BCUT2D eigenvalue weighted by Crippen LogP contribution is 2.37. The summed E-state index contributed by atoms with van der Waals surface area (Å²) in [6, 6.07) is 12.4. The van der Waals surface area contributed by atoms with Gasteiger partial charge in [0.1, 0.15) is 5.82 Å². The Kier molecular flexibility index (Phi) is 6.04. The predicted octanol–water partition coefficient (Wildman–Crippen LogP) is 5.83. The van der Waals surface area contributed by atoms with Gasteiger partial charge in [0, 0.05) is 22.8 Å². The van der Waals surface area contributed by atoms with Crippen molar-refractivity contribution in [2.75, 3.05) is 6.54 Å². The molecule has 0 aliphatic carbocycles. The zero-order chi connectivity index (χ0) is 22.0. The van der Waals surface area contributed by atoms with Gasteiger partial charge in [-0.3, -0.25) is 4.90 Å². The van der Waals surface area contributed by atoms with Crippen molar-refractivity contribution < 1.29 is 13.7 Å². The first kappa shape index (κ1) is 21.1. The fourth-order valence-electron chi connectivity index (χ4n) is 3.66. The lowest BCUT2D eigenvalue weighted by Gasteiger charge is -2.35. The van der Waals surface area contributed by atoms with E-state index < -0.39 is 6.04 Å². The highest BCUT2D eigenvalue weighted by Gasteiger charge is 2.35. The van der Waals surface area contributed by atoms with E-state index in [0.29, 0.717) is 39.8 Å². The van der Waals surface area contributed by atoms with Crippen LogP contribution in [0, 0.1) is 5.82 Å². The molecule has 0 saturated carbocycles. The van der Waals surface area contributed by atoms with Gasteiger partial charge in [0.05, 0.1) is 11.6 Å². The van der Waals surface area contributed by atoms with Crippen LogP contribution in [-0.2, 0) is 0 Å². The van der Waals surface area contributed by atoms with Crippen molar-refractivity contribution in [2.24, 2.45) is 0 Å². The van der Waals surface area contributed by atoms with Crippen molar-refractivity contribution in [3.63, 3.8) is 0 Å². The number of rotatable bonds is 6. The predicted molar refractivity (Wildman–Crippen MR) is 117 cm³/mol. The van der Waals surface area contributed by atoms with Gasteiger partial charge in [-0.25, -0.2) is 9.18 Å². The number of hydrogen-bond acceptors (Lipinski definition) is 4. The number of unbranched alkanes of at least 4 members (excludes halogenated alkanes) is 1. The SMILES string of the molecule is CCCCN1C(=O)NC(c2cccc(F)c2)C(c2nc(-c3cccc(Cl)c3)no2)=C1C. The number of nitrogens with zero attached hydrogens (tertiary/aromatic N) is 3. The molecule has 0 saturated heterocycles. The fraction of sp³-hybridized carbons (Fsp3) is 0.261. The van der Waals surface area contributed by atoms with E-state index in [9.17, 15) is 9.18 Å². The Morgan fingerprint density at radius 2 is 2.03 bits per heavy atom. The van der Waals surface area contributed by atoms with Crippen LogP contribution in [-0.4, -0.2) is 27.6 Å². The van der Waals surface area contributed by atoms with Crippen molar-refractivity contribution >= 4 is 23.2 Å². The Labute approximate surface area is 184 Å². The molecule has 6 nitrogen and oxygen atoms in total. The van der Waals surface area contributed by atoms with Gasteiger partial charge in [0.15, 0.2) is 0 Å². The zero-order valence-electron chi connectivity index (χ0n) is 17.2. The maximum atomic E-state index is 13.9. The van der Waals surface area contributed by atoms with E-state index >= 15 is 0 Å². The average Bonchev–Trinajstić information content (AvgIpc) is 3.23. The second-order valence-corrected chi connectivity index (χ2v) is 7.81. The zero-order valence-corrected chi connectivity index (χ0v) is 18.0. The molecule has 2 amide bonds. The molecule has 1 unspecified atom stereocenters. The molecule has 0 bridgehead atoms. The summed E-state index contributed by atoms with van der Waals surface area (Å²) < 4.78 is 19.6. The molecule has 1 N–H and O–H groups in total. The summed E-state index contributed by atoms with van der Waals surface area (Å²) in [5, 5.41) is 7.64. The first-order chi connectivity index (χ1) is 15.0. The number of urea groups is 1. The average molecular weight is 441 g/mol. The van der Waals surface area contributed by atoms with E-state index in [2.05, 4.69) is 22.4 Å². The smallest absolute Gasteiger partial charge is 0.322 e. The number of aromatic nitrogens is 2. The van der Waals surface area contributed by atoms with E-state index in [-0.39, 0.29) is 17.7 Å². The highest BCUT2D eigenvalue weighted by molar-refractivity contribution is 6.30. The summed E-state index contributed by atoms with van der Waals surface area (Å²) in [4.78, 5) is 19.1. The van der Waals surface area contributed by atoms with Gasteiger partial charge < -0.3 is 9.84 Å². The van der Waals surface area contributed by atoms with Crippen molar-refractivity contribution in [3.05, 3.63) is 76.5 Å². The molecule has 1 aliphatic rings. The van der Waals surface area contributed by atoms with Crippen LogP contribution in [0.3, 0.4) is 0 Å². The van der Waals surface area contributed by atoms with E-state index in [4.69, 9.17) is 16.1 Å². The number of carbonyl (C=O) groups is 1. The van der Waals surface area contributed by atoms with Crippen LogP contribution in [0.15, 0.2) is 58.8 Å². The van der Waals surface area contributed by atoms with Gasteiger partial charge in [-0.1, -0.05) is 54.4 Å². The molecule has 2 heterocycles. The summed E-state index contributed by atoms with van der Waals surface area (Å²) in [6.45, 7) is 4.47. The Balaban J connectivity index is 1.81. The number of hydrogen-bond donors (Lipinski definition) is 1. The van der Waals surface area contributed by atoms with E-state index in [1.54, 1.807) is 35.2 Å². The quantitative estimate of drug-likeness (QED) is 0.523. The fourth-order valence-corrected chi connectivity index (χ4v) is 3.85. The van der Waals surface area contributed by atoms with E-state index in [0.717, 1.165) is 12.8 Å². The number of amides is 2. The third-order valence-corrected chi connectivity index (χ3v) is 5.49. The highest BCUT2D eigenvalue weighted by atomic mass is 35.5. The van der Waals surface area contributed by atoms with Crippen LogP contribution < -0.4 is 5.32 Å². The molecule has 1 aliphatic heterocycles. The topological polar surface area (TPSA) is 71.3 Å². The molecule has 1 aromatic heterocycles. The summed E-state index contributed by atoms with van der Waals surface area (Å²) in [6.07, 6.45) is 1.79. The minimum atomic E-state index is -0.617. The molecular formula is C23H22ClFN4O2. The lowest BCUT2D eigenvalue weighted by Crippen LogP contribution is -2.46. The second-order valence-electron chi connectivity index (χ2n) is 7.38. The molecule has 3 aromatic rings. The maximum Gasteiger partial charge on any atom is 0.322 e. The Morgan fingerprint density at radius 3 is 2.77 bits per heavy atom. The summed E-state index contributed by atoms with van der Waals surface area (Å²) in [5.41, 5.74) is 2.65. The third-order valence-electron chi connectivity index (χ3n) is 5.25. The van der Waals surface area contributed by atoms with E-state index in [1.165, 1.54) is 12.1 Å². The molecular weight excluding hydrogens is 419 g/mol. The van der Waals surface area contributed by atoms with Gasteiger partial charge in [-0.2, -0.15) is 4.98 Å². The number of halogens is 2. The number of carbonyl (C=O) groups excluding carboxylic acids is 1. The standard InChI is InChI=1S/C23H22ClFN4O2/c1-3-4-11-29-14(2)19(20(26-23(29)30)15-7-6-10-18(25)13-15)22-27-21(28-31-22)16-8-5-9-17(24)12-16/h5-10,12-13,20H,3-4,11H2,1-2H3,(H,26,30). The first-order valence-electron chi connectivity index (χ1n) is 10.1. The molecule has 0 radical (unpaired) electrons. The normalized spacial score (nSPS) is 16.6. The number of benzene rings is 2. The van der Waals surface area contributed by atoms with Crippen molar-refractivity contribution in [1.82, 2.24) is 20.4 Å². The van der Waals surface area contributed by atoms with Gasteiger partial charge in [-0.15, -0.1) is 0 Å². The molecule has 8 heteroatoms. The molecule has 4 rings (SSSR count). The monoisotopic (exact) mass is 440 g/mol. The maximum absolute atomic E-state index is 13.9. The van der Waals surface area contributed by atoms with Crippen molar-refractivity contribution in [1.29, 1.82) is 0 Å². The minimum absolute atomic E-state index is 0.237. The largest absolute Gasteiger partial charge is 0.334 e. The molecule has 31 heavy (non-hydrogen) atoms.